The summed E-state index contributed by atoms with van der Waals surface area (Å²) in [5, 5.41) is 4.87. The van der Waals surface area contributed by atoms with Crippen molar-refractivity contribution in [3.8, 4) is 67.3 Å². The molecule has 2 aromatic heterocycles. The third-order valence-corrected chi connectivity index (χ3v) is 14.8. The van der Waals surface area contributed by atoms with Crippen molar-refractivity contribution in [1.29, 1.82) is 0 Å². The van der Waals surface area contributed by atoms with Crippen LogP contribution < -0.4 is 0 Å². The lowest BCUT2D eigenvalue weighted by atomic mass is 9.67. The maximum Gasteiger partial charge on any atom is 0.160 e. The average molecular weight is 857 g/mol. The molecule has 0 bridgehead atoms. The maximum atomic E-state index is 5.29. The third kappa shape index (κ3) is 6.01. The van der Waals surface area contributed by atoms with Crippen LogP contribution >= 0.6 is 11.3 Å². The van der Waals surface area contributed by atoms with Crippen molar-refractivity contribution in [3.63, 3.8) is 0 Å². The van der Waals surface area contributed by atoms with Crippen LogP contribution in [0.1, 0.15) is 22.3 Å². The zero-order valence-electron chi connectivity index (χ0n) is 35.9. The van der Waals surface area contributed by atoms with Gasteiger partial charge in [-0.05, 0) is 84.6 Å². The van der Waals surface area contributed by atoms with Gasteiger partial charge in [0, 0.05) is 36.9 Å². The summed E-state index contributed by atoms with van der Waals surface area (Å²) in [6.07, 6.45) is 0. The van der Waals surface area contributed by atoms with Gasteiger partial charge in [0.15, 0.2) is 5.82 Å². The quantitative estimate of drug-likeness (QED) is 0.160. The molecule has 0 unspecified atom stereocenters. The smallest absolute Gasteiger partial charge is 0.160 e. The summed E-state index contributed by atoms with van der Waals surface area (Å²) in [4.78, 5) is 10.6. The molecule has 10 aromatic carbocycles. The van der Waals surface area contributed by atoms with Crippen molar-refractivity contribution in [2.24, 2.45) is 0 Å². The molecule has 1 aliphatic rings. The van der Waals surface area contributed by atoms with Gasteiger partial charge in [0.2, 0.25) is 0 Å². The fraction of sp³-hybridized carbons (Fsp3) is 0.0159. The fourth-order valence-electron chi connectivity index (χ4n) is 10.6. The molecule has 0 saturated carbocycles. The number of benzene rings is 10. The van der Waals surface area contributed by atoms with E-state index in [1.165, 1.54) is 81.2 Å². The lowest BCUT2D eigenvalue weighted by Crippen LogP contribution is -2.28. The van der Waals surface area contributed by atoms with E-state index < -0.39 is 5.41 Å². The maximum absolute atomic E-state index is 5.29. The summed E-state index contributed by atoms with van der Waals surface area (Å²) < 4.78 is 2.52. The summed E-state index contributed by atoms with van der Waals surface area (Å²) in [6, 6.07) is 88.2. The lowest BCUT2D eigenvalue weighted by molar-refractivity contribution is 0.768. The molecule has 308 valence electrons. The topological polar surface area (TPSA) is 25.8 Å². The Morgan fingerprint density at radius 2 is 0.833 bits per heavy atom. The molecule has 3 heteroatoms. The molecule has 2 nitrogen and oxygen atoms in total. The minimum absolute atomic E-state index is 0.409. The first-order valence-electron chi connectivity index (χ1n) is 22.6. The van der Waals surface area contributed by atoms with Crippen molar-refractivity contribution in [2.45, 2.75) is 5.41 Å². The molecule has 12 aromatic rings. The Bertz CT molecular complexity index is 3760. The van der Waals surface area contributed by atoms with Crippen LogP contribution in [0.5, 0.6) is 0 Å². The predicted molar refractivity (Wildman–Crippen MR) is 277 cm³/mol. The number of nitrogens with zero attached hydrogens (tertiary/aromatic N) is 2. The summed E-state index contributed by atoms with van der Waals surface area (Å²) in [6.45, 7) is 0. The monoisotopic (exact) mass is 856 g/mol. The highest BCUT2D eigenvalue weighted by Crippen LogP contribution is 2.56. The van der Waals surface area contributed by atoms with Gasteiger partial charge in [0.1, 0.15) is 0 Å². The Hall–Kier alpha value is -8.24. The first-order valence-corrected chi connectivity index (χ1v) is 23.4. The van der Waals surface area contributed by atoms with E-state index in [2.05, 4.69) is 237 Å². The molecule has 0 N–H and O–H groups in total. The Labute approximate surface area is 387 Å². The van der Waals surface area contributed by atoms with Crippen LogP contribution in [0.25, 0.3) is 98.2 Å². The van der Waals surface area contributed by atoms with Gasteiger partial charge >= 0.3 is 0 Å². The molecule has 13 rings (SSSR count). The SMILES string of the molecule is c1ccc(-c2nc(-c3ccc(-c4ccc(-c5ccc6c(c5)-c5ccccc5C6(c5ccccc5)c5ccccc5)cc4)c4ccccc34)cc(-c3cccc4c3sc3ccccc34)n2)cc1. The second-order valence-electron chi connectivity index (χ2n) is 17.2. The second kappa shape index (κ2) is 15.5. The second-order valence-corrected chi connectivity index (χ2v) is 18.2. The molecule has 0 fully saturated rings. The molecule has 0 radical (unpaired) electrons. The average Bonchev–Trinajstić information content (AvgIpc) is 3.93. The standard InChI is InChI=1S/C63H40N2S/c1-4-17-43(18-5-1)62-64-58(40-59(65-62)54-28-16-27-53-52-26-13-15-30-60(52)66-61(53)54)51-37-36-47(48-23-10-11-24-49(48)51)42-33-31-41(32-34-42)44-35-38-57-55(39-44)50-25-12-14-29-56(50)63(57,45-19-6-2-7-20-45)46-21-8-3-9-22-46/h1-40H. The molecule has 0 saturated heterocycles. The van der Waals surface area contributed by atoms with Crippen LogP contribution in [0.15, 0.2) is 243 Å². The van der Waals surface area contributed by atoms with Gasteiger partial charge in [-0.2, -0.15) is 0 Å². The number of thiophene rings is 1. The van der Waals surface area contributed by atoms with Crippen molar-refractivity contribution in [3.05, 3.63) is 265 Å². The Balaban J connectivity index is 0.904. The van der Waals surface area contributed by atoms with Crippen LogP contribution in [-0.2, 0) is 5.41 Å². The molecule has 0 aliphatic heterocycles. The molecule has 0 atom stereocenters. The molecule has 2 heterocycles. The summed E-state index contributed by atoms with van der Waals surface area (Å²) in [5.41, 5.74) is 17.1. The Kier molecular flexibility index (Phi) is 8.97. The Morgan fingerprint density at radius 3 is 1.58 bits per heavy atom. The number of aromatic nitrogens is 2. The number of fused-ring (bicyclic) bond motifs is 7. The van der Waals surface area contributed by atoms with Crippen LogP contribution in [0.2, 0.25) is 0 Å². The van der Waals surface area contributed by atoms with Gasteiger partial charge < -0.3 is 0 Å². The normalized spacial score (nSPS) is 12.7. The van der Waals surface area contributed by atoms with Crippen LogP contribution in [0, 0.1) is 0 Å². The first kappa shape index (κ1) is 38.2. The molecular weight excluding hydrogens is 817 g/mol. The minimum atomic E-state index is -0.409. The zero-order chi connectivity index (χ0) is 43.6. The van der Waals surface area contributed by atoms with Gasteiger partial charge in [-0.3, -0.25) is 0 Å². The molecule has 66 heavy (non-hydrogen) atoms. The molecule has 1 aliphatic carbocycles. The van der Waals surface area contributed by atoms with Crippen molar-refractivity contribution < 1.29 is 0 Å². The molecular formula is C63H40N2S. The highest BCUT2D eigenvalue weighted by atomic mass is 32.1. The fourth-order valence-corrected chi connectivity index (χ4v) is 11.9. The third-order valence-electron chi connectivity index (χ3n) is 13.6. The van der Waals surface area contributed by atoms with E-state index in [0.29, 0.717) is 5.82 Å². The largest absolute Gasteiger partial charge is 0.228 e. The summed E-state index contributed by atoms with van der Waals surface area (Å²) in [5.74, 6) is 0.714. The molecule has 0 amide bonds. The number of hydrogen-bond donors (Lipinski definition) is 0. The van der Waals surface area contributed by atoms with Gasteiger partial charge in [-0.1, -0.05) is 224 Å². The van der Waals surface area contributed by atoms with Gasteiger partial charge in [0.05, 0.1) is 16.8 Å². The highest BCUT2D eigenvalue weighted by Gasteiger charge is 2.46. The zero-order valence-corrected chi connectivity index (χ0v) is 36.7. The van der Waals surface area contributed by atoms with Crippen molar-refractivity contribution >= 4 is 42.3 Å². The predicted octanol–water partition coefficient (Wildman–Crippen LogP) is 16.7. The van der Waals surface area contributed by atoms with Crippen molar-refractivity contribution in [2.75, 3.05) is 0 Å². The van der Waals surface area contributed by atoms with Gasteiger partial charge in [0.25, 0.3) is 0 Å². The number of rotatable bonds is 7. The number of hydrogen-bond acceptors (Lipinski definition) is 3. The van der Waals surface area contributed by atoms with Gasteiger partial charge in [-0.25, -0.2) is 9.97 Å². The lowest BCUT2D eigenvalue weighted by Gasteiger charge is -2.33. The Morgan fingerprint density at radius 1 is 0.303 bits per heavy atom. The van der Waals surface area contributed by atoms with Gasteiger partial charge in [-0.15, -0.1) is 11.3 Å². The van der Waals surface area contributed by atoms with E-state index >= 15 is 0 Å². The molecule has 0 spiro atoms. The van der Waals surface area contributed by atoms with Crippen molar-refractivity contribution in [1.82, 2.24) is 9.97 Å². The van der Waals surface area contributed by atoms with Crippen LogP contribution in [0.3, 0.4) is 0 Å². The van der Waals surface area contributed by atoms with E-state index in [1.807, 2.05) is 17.4 Å². The van der Waals surface area contributed by atoms with E-state index in [0.717, 1.165) is 33.5 Å². The van der Waals surface area contributed by atoms with Crippen LogP contribution in [-0.4, -0.2) is 9.97 Å². The summed E-state index contributed by atoms with van der Waals surface area (Å²) in [7, 11) is 0. The van der Waals surface area contributed by atoms with E-state index in [9.17, 15) is 0 Å². The van der Waals surface area contributed by atoms with E-state index in [1.54, 1.807) is 0 Å². The minimum Gasteiger partial charge on any atom is -0.228 e. The van der Waals surface area contributed by atoms with E-state index in [-0.39, 0.29) is 0 Å². The first-order chi connectivity index (χ1) is 32.7. The highest BCUT2D eigenvalue weighted by molar-refractivity contribution is 7.26. The summed E-state index contributed by atoms with van der Waals surface area (Å²) >= 11 is 1.83. The van der Waals surface area contributed by atoms with Crippen LogP contribution in [0.4, 0.5) is 0 Å². The van der Waals surface area contributed by atoms with E-state index in [4.69, 9.17) is 9.97 Å².